The van der Waals surface area contributed by atoms with Crippen LogP contribution in [-0.2, 0) is 4.84 Å². The Morgan fingerprint density at radius 1 is 1.56 bits per heavy atom. The van der Waals surface area contributed by atoms with Gasteiger partial charge in [-0.3, -0.25) is 4.84 Å². The summed E-state index contributed by atoms with van der Waals surface area (Å²) in [6.07, 6.45) is 0. The third-order valence-electron chi connectivity index (χ3n) is 1.31. The molecular formula is C5H10N2O2. The molecule has 0 atom stereocenters. The molecule has 1 rings (SSSR count). The summed E-state index contributed by atoms with van der Waals surface area (Å²) < 4.78 is 0. The Kier molecular flexibility index (Phi) is 1.57. The number of carbonyl (C=O) groups is 1. The molecule has 1 heterocycles. The van der Waals surface area contributed by atoms with E-state index in [1.165, 1.54) is 5.06 Å². The molecule has 4 nitrogen and oxygen atoms in total. The number of urea groups is 1. The molecule has 1 saturated heterocycles. The van der Waals surface area contributed by atoms with Crippen molar-refractivity contribution in [1.29, 1.82) is 0 Å². The molecule has 0 unspecified atom stereocenters. The van der Waals surface area contributed by atoms with E-state index in [-0.39, 0.29) is 6.03 Å². The summed E-state index contributed by atoms with van der Waals surface area (Å²) in [6, 6.07) is -0.0822. The first-order chi connectivity index (χ1) is 4.22. The lowest BCUT2D eigenvalue weighted by Gasteiger charge is -2.29. The van der Waals surface area contributed by atoms with Gasteiger partial charge in [-0.15, -0.1) is 0 Å². The number of amides is 2. The van der Waals surface area contributed by atoms with Gasteiger partial charge in [-0.2, -0.15) is 0 Å². The maximum Gasteiger partial charge on any atom is 0.343 e. The van der Waals surface area contributed by atoms with Gasteiger partial charge >= 0.3 is 6.03 Å². The summed E-state index contributed by atoms with van der Waals surface area (Å²) >= 11 is 0. The van der Waals surface area contributed by atoms with Crippen molar-refractivity contribution in [2.75, 3.05) is 27.2 Å². The average Bonchev–Trinajstić information content (AvgIpc) is 1.83. The Bertz CT molecular complexity index is 114. The quantitative estimate of drug-likeness (QED) is 0.459. The van der Waals surface area contributed by atoms with Gasteiger partial charge in [-0.25, -0.2) is 9.86 Å². The number of rotatable bonds is 0. The predicted octanol–water partition coefficient (Wildman–Crippen LogP) is -0.0848. The van der Waals surface area contributed by atoms with Gasteiger partial charge in [0.25, 0.3) is 0 Å². The summed E-state index contributed by atoms with van der Waals surface area (Å²) in [7, 11) is 3.36. The van der Waals surface area contributed by atoms with Crippen LogP contribution in [0.1, 0.15) is 0 Å². The number of hydroxylamine groups is 2. The lowest BCUT2D eigenvalue weighted by Crippen LogP contribution is -2.46. The summed E-state index contributed by atoms with van der Waals surface area (Å²) in [5.41, 5.74) is 0. The van der Waals surface area contributed by atoms with Crippen LogP contribution in [-0.4, -0.2) is 43.2 Å². The Morgan fingerprint density at radius 3 is 2.67 bits per heavy atom. The van der Waals surface area contributed by atoms with E-state index in [2.05, 4.69) is 0 Å². The smallest absolute Gasteiger partial charge is 0.324 e. The van der Waals surface area contributed by atoms with Gasteiger partial charge in [-0.1, -0.05) is 0 Å². The van der Waals surface area contributed by atoms with Crippen LogP contribution in [0, 0.1) is 0 Å². The second-order valence-electron chi connectivity index (χ2n) is 2.03. The fourth-order valence-corrected chi connectivity index (χ4v) is 0.706. The van der Waals surface area contributed by atoms with Crippen molar-refractivity contribution in [2.24, 2.45) is 0 Å². The maximum absolute atomic E-state index is 10.9. The van der Waals surface area contributed by atoms with Crippen LogP contribution >= 0.6 is 0 Å². The third kappa shape index (κ3) is 1.13. The van der Waals surface area contributed by atoms with E-state index >= 15 is 0 Å². The van der Waals surface area contributed by atoms with E-state index in [1.54, 1.807) is 19.0 Å². The number of nitrogens with zero attached hydrogens (tertiary/aromatic N) is 2. The number of likely N-dealkylation sites (N-methyl/N-ethyl adjacent to an activating group) is 1. The Labute approximate surface area is 53.9 Å². The third-order valence-corrected chi connectivity index (χ3v) is 1.31. The molecule has 0 aromatic heterocycles. The monoisotopic (exact) mass is 130 g/mol. The molecule has 0 aliphatic carbocycles. The SMILES string of the molecule is CN1CCON(C)C1=O. The molecule has 1 fully saturated rings. The molecule has 0 N–H and O–H groups in total. The first-order valence-electron chi connectivity index (χ1n) is 2.83. The molecule has 4 heteroatoms. The Hall–Kier alpha value is -0.770. The van der Waals surface area contributed by atoms with E-state index in [1.807, 2.05) is 0 Å². The van der Waals surface area contributed by atoms with Gasteiger partial charge < -0.3 is 4.90 Å². The van der Waals surface area contributed by atoms with Gasteiger partial charge in [0.1, 0.15) is 0 Å². The zero-order valence-corrected chi connectivity index (χ0v) is 5.63. The first kappa shape index (κ1) is 6.35. The van der Waals surface area contributed by atoms with Gasteiger partial charge in [-0.05, 0) is 0 Å². The molecule has 0 bridgehead atoms. The molecule has 52 valence electrons. The van der Waals surface area contributed by atoms with Crippen molar-refractivity contribution < 1.29 is 9.63 Å². The molecular weight excluding hydrogens is 120 g/mol. The lowest BCUT2D eigenvalue weighted by atomic mass is 10.6. The molecule has 1 aliphatic heterocycles. The summed E-state index contributed by atoms with van der Waals surface area (Å²) in [6.45, 7) is 1.28. The second-order valence-corrected chi connectivity index (χ2v) is 2.03. The number of hydrogen-bond donors (Lipinski definition) is 0. The van der Waals surface area contributed by atoms with Crippen LogP contribution in [0.4, 0.5) is 4.79 Å². The van der Waals surface area contributed by atoms with Gasteiger partial charge in [0.15, 0.2) is 0 Å². The van der Waals surface area contributed by atoms with Crippen LogP contribution < -0.4 is 0 Å². The molecule has 0 spiro atoms. The molecule has 0 radical (unpaired) electrons. The molecule has 0 aromatic carbocycles. The first-order valence-corrected chi connectivity index (χ1v) is 2.83. The standard InChI is InChI=1S/C5H10N2O2/c1-6-3-4-9-7(2)5(6)8/h3-4H2,1-2H3. The van der Waals surface area contributed by atoms with Gasteiger partial charge in [0.2, 0.25) is 0 Å². The minimum atomic E-state index is -0.0822. The summed E-state index contributed by atoms with van der Waals surface area (Å²) in [5, 5.41) is 1.24. The summed E-state index contributed by atoms with van der Waals surface area (Å²) in [5.74, 6) is 0. The van der Waals surface area contributed by atoms with Crippen LogP contribution in [0.15, 0.2) is 0 Å². The van der Waals surface area contributed by atoms with Gasteiger partial charge in [0, 0.05) is 20.6 Å². The maximum atomic E-state index is 10.9. The molecule has 9 heavy (non-hydrogen) atoms. The zero-order chi connectivity index (χ0) is 6.85. The fraction of sp³-hybridized carbons (Fsp3) is 0.800. The highest BCUT2D eigenvalue weighted by Gasteiger charge is 2.19. The predicted molar refractivity (Wildman–Crippen MR) is 31.7 cm³/mol. The van der Waals surface area contributed by atoms with Crippen molar-refractivity contribution in [3.63, 3.8) is 0 Å². The average molecular weight is 130 g/mol. The van der Waals surface area contributed by atoms with Crippen molar-refractivity contribution in [1.82, 2.24) is 9.96 Å². The zero-order valence-electron chi connectivity index (χ0n) is 5.63. The van der Waals surface area contributed by atoms with Crippen molar-refractivity contribution in [3.8, 4) is 0 Å². The van der Waals surface area contributed by atoms with Crippen molar-refractivity contribution >= 4 is 6.03 Å². The van der Waals surface area contributed by atoms with E-state index in [9.17, 15) is 4.79 Å². The minimum Gasteiger partial charge on any atom is -0.324 e. The highest BCUT2D eigenvalue weighted by atomic mass is 16.7. The van der Waals surface area contributed by atoms with Crippen LogP contribution in [0.25, 0.3) is 0 Å². The van der Waals surface area contributed by atoms with Crippen molar-refractivity contribution in [3.05, 3.63) is 0 Å². The number of carbonyl (C=O) groups excluding carboxylic acids is 1. The molecule has 0 saturated carbocycles. The Morgan fingerprint density at radius 2 is 2.22 bits per heavy atom. The normalized spacial score (nSPS) is 20.9. The summed E-state index contributed by atoms with van der Waals surface area (Å²) in [4.78, 5) is 17.4. The highest BCUT2D eigenvalue weighted by molar-refractivity contribution is 5.73. The van der Waals surface area contributed by atoms with Crippen LogP contribution in [0.2, 0.25) is 0 Å². The van der Waals surface area contributed by atoms with Crippen molar-refractivity contribution in [2.45, 2.75) is 0 Å². The van der Waals surface area contributed by atoms with E-state index in [0.29, 0.717) is 13.2 Å². The van der Waals surface area contributed by atoms with Crippen LogP contribution in [0.5, 0.6) is 0 Å². The Balaban J connectivity index is 2.52. The van der Waals surface area contributed by atoms with Gasteiger partial charge in [0.05, 0.1) is 6.61 Å². The minimum absolute atomic E-state index is 0.0822. The lowest BCUT2D eigenvalue weighted by molar-refractivity contribution is -0.131. The largest absolute Gasteiger partial charge is 0.343 e. The molecule has 0 aromatic rings. The van der Waals surface area contributed by atoms with E-state index < -0.39 is 0 Å². The van der Waals surface area contributed by atoms with Crippen LogP contribution in [0.3, 0.4) is 0 Å². The van der Waals surface area contributed by atoms with E-state index in [0.717, 1.165) is 0 Å². The van der Waals surface area contributed by atoms with E-state index in [4.69, 9.17) is 4.84 Å². The fourth-order valence-electron chi connectivity index (χ4n) is 0.706. The highest BCUT2D eigenvalue weighted by Crippen LogP contribution is 2.00. The molecule has 1 aliphatic rings. The topological polar surface area (TPSA) is 32.8 Å². The second kappa shape index (κ2) is 2.23. The number of hydrogen-bond acceptors (Lipinski definition) is 2. The molecule has 2 amide bonds.